The number of hydrogen-bond donors (Lipinski definition) is 0. The van der Waals surface area contributed by atoms with Crippen LogP contribution in [0.1, 0.15) is 35.1 Å². The molecule has 1 aliphatic carbocycles. The first-order valence-corrected chi connectivity index (χ1v) is 7.11. The van der Waals surface area contributed by atoms with Crippen molar-refractivity contribution >= 4 is 0 Å². The zero-order chi connectivity index (χ0) is 13.1. The van der Waals surface area contributed by atoms with Gasteiger partial charge in [-0.05, 0) is 61.4 Å². The smallest absolute Gasteiger partial charge is 0.120 e. The van der Waals surface area contributed by atoms with Gasteiger partial charge in [-0.15, -0.1) is 0 Å². The van der Waals surface area contributed by atoms with Crippen molar-refractivity contribution < 1.29 is 4.74 Å². The first-order valence-electron chi connectivity index (χ1n) is 7.11. The fourth-order valence-corrected chi connectivity index (χ4v) is 2.65. The molecule has 0 atom stereocenters. The number of ether oxygens (including phenoxy) is 1. The third-order valence-electron chi connectivity index (χ3n) is 3.85. The Morgan fingerprint density at radius 3 is 2.42 bits per heavy atom. The van der Waals surface area contributed by atoms with E-state index in [9.17, 15) is 0 Å². The van der Waals surface area contributed by atoms with Crippen molar-refractivity contribution in [3.63, 3.8) is 0 Å². The summed E-state index contributed by atoms with van der Waals surface area (Å²) in [5.41, 5.74) is 5.50. The minimum atomic E-state index is 0.652. The normalized spacial score (nSPS) is 13.9. The number of benzene rings is 2. The zero-order valence-electron chi connectivity index (χ0n) is 11.5. The number of hydrogen-bond acceptors (Lipinski definition) is 1. The Hall–Kier alpha value is -1.76. The third kappa shape index (κ3) is 2.98. The largest absolute Gasteiger partial charge is 0.489 e. The van der Waals surface area contributed by atoms with E-state index in [-0.39, 0.29) is 0 Å². The lowest BCUT2D eigenvalue weighted by Gasteiger charge is -2.16. The molecule has 0 unspecified atom stereocenters. The topological polar surface area (TPSA) is 9.23 Å². The Bertz CT molecular complexity index is 554. The van der Waals surface area contributed by atoms with E-state index in [2.05, 4.69) is 49.4 Å². The molecule has 0 spiro atoms. The molecule has 1 heteroatoms. The number of fused-ring (bicyclic) bond motifs is 1. The summed E-state index contributed by atoms with van der Waals surface area (Å²) < 4.78 is 5.90. The van der Waals surface area contributed by atoms with Crippen LogP contribution in [0.15, 0.2) is 42.5 Å². The van der Waals surface area contributed by atoms with E-state index < -0.39 is 0 Å². The molecule has 0 fully saturated rings. The van der Waals surface area contributed by atoms with Gasteiger partial charge in [0.1, 0.15) is 12.4 Å². The van der Waals surface area contributed by atoms with Crippen molar-refractivity contribution in [1.82, 2.24) is 0 Å². The lowest BCUT2D eigenvalue weighted by Crippen LogP contribution is -2.03. The molecule has 0 bridgehead atoms. The van der Waals surface area contributed by atoms with E-state index >= 15 is 0 Å². The van der Waals surface area contributed by atoms with Crippen molar-refractivity contribution in [3.05, 3.63) is 64.7 Å². The summed E-state index contributed by atoms with van der Waals surface area (Å²) in [4.78, 5) is 0. The molecule has 0 aliphatic heterocycles. The molecule has 2 aromatic carbocycles. The van der Waals surface area contributed by atoms with Crippen molar-refractivity contribution in [2.75, 3.05) is 0 Å². The molecular weight excluding hydrogens is 232 g/mol. The molecule has 98 valence electrons. The maximum absolute atomic E-state index is 5.90. The summed E-state index contributed by atoms with van der Waals surface area (Å²) in [6.45, 7) is 2.76. The summed E-state index contributed by atoms with van der Waals surface area (Å²) in [5.74, 6) is 1.00. The van der Waals surface area contributed by atoms with Crippen LogP contribution < -0.4 is 4.74 Å². The standard InChI is InChI=1S/C18H20O/c1-14-6-8-15(9-7-14)13-19-18-11-10-16-4-2-3-5-17(16)12-18/h6-12H,2-5,13H2,1H3. The average Bonchev–Trinajstić information content (AvgIpc) is 2.46. The van der Waals surface area contributed by atoms with Gasteiger partial charge in [0.2, 0.25) is 0 Å². The zero-order valence-corrected chi connectivity index (χ0v) is 11.5. The number of rotatable bonds is 3. The second-order valence-corrected chi connectivity index (χ2v) is 5.41. The van der Waals surface area contributed by atoms with Crippen LogP contribution in [-0.4, -0.2) is 0 Å². The molecule has 0 amide bonds. The van der Waals surface area contributed by atoms with Crippen LogP contribution in [0, 0.1) is 6.92 Å². The lowest BCUT2D eigenvalue weighted by atomic mass is 9.92. The minimum absolute atomic E-state index is 0.652. The van der Waals surface area contributed by atoms with Crippen LogP contribution in [0.3, 0.4) is 0 Å². The van der Waals surface area contributed by atoms with Gasteiger partial charge < -0.3 is 4.74 Å². The summed E-state index contributed by atoms with van der Waals surface area (Å²) in [6.07, 6.45) is 5.08. The van der Waals surface area contributed by atoms with Crippen LogP contribution in [0.2, 0.25) is 0 Å². The maximum atomic E-state index is 5.90. The molecule has 19 heavy (non-hydrogen) atoms. The van der Waals surface area contributed by atoms with Gasteiger partial charge in [0.15, 0.2) is 0 Å². The van der Waals surface area contributed by atoms with E-state index in [4.69, 9.17) is 4.74 Å². The van der Waals surface area contributed by atoms with Crippen LogP contribution in [0.25, 0.3) is 0 Å². The van der Waals surface area contributed by atoms with E-state index in [1.807, 2.05) is 0 Å². The van der Waals surface area contributed by atoms with Crippen molar-refractivity contribution in [2.24, 2.45) is 0 Å². The second-order valence-electron chi connectivity index (χ2n) is 5.41. The van der Waals surface area contributed by atoms with Gasteiger partial charge in [0.25, 0.3) is 0 Å². The van der Waals surface area contributed by atoms with Gasteiger partial charge >= 0.3 is 0 Å². The molecular formula is C18H20O. The fraction of sp³-hybridized carbons (Fsp3) is 0.333. The van der Waals surface area contributed by atoms with E-state index in [0.717, 1.165) is 5.75 Å². The maximum Gasteiger partial charge on any atom is 0.120 e. The third-order valence-corrected chi connectivity index (χ3v) is 3.85. The average molecular weight is 252 g/mol. The van der Waals surface area contributed by atoms with E-state index in [1.165, 1.54) is 47.9 Å². The number of aryl methyl sites for hydroxylation is 3. The van der Waals surface area contributed by atoms with Gasteiger partial charge in [-0.1, -0.05) is 35.9 Å². The fourth-order valence-electron chi connectivity index (χ4n) is 2.65. The Kier molecular flexibility index (Phi) is 3.54. The predicted molar refractivity (Wildman–Crippen MR) is 78.6 cm³/mol. The summed E-state index contributed by atoms with van der Waals surface area (Å²) in [6, 6.07) is 15.1. The predicted octanol–water partition coefficient (Wildman–Crippen LogP) is 4.45. The first-order chi connectivity index (χ1) is 9.31. The van der Waals surface area contributed by atoms with Crippen molar-refractivity contribution in [3.8, 4) is 5.75 Å². The quantitative estimate of drug-likeness (QED) is 0.784. The van der Waals surface area contributed by atoms with Crippen molar-refractivity contribution in [1.29, 1.82) is 0 Å². The SMILES string of the molecule is Cc1ccc(COc2ccc3c(c2)CCCC3)cc1. The van der Waals surface area contributed by atoms with Crippen LogP contribution >= 0.6 is 0 Å². The highest BCUT2D eigenvalue weighted by Gasteiger charge is 2.09. The summed E-state index contributed by atoms with van der Waals surface area (Å²) in [7, 11) is 0. The first kappa shape index (κ1) is 12.3. The summed E-state index contributed by atoms with van der Waals surface area (Å²) in [5, 5.41) is 0. The molecule has 0 N–H and O–H groups in total. The molecule has 0 aromatic heterocycles. The molecule has 2 aromatic rings. The molecule has 0 saturated carbocycles. The van der Waals surface area contributed by atoms with Gasteiger partial charge in [-0.25, -0.2) is 0 Å². The Labute approximate surface area is 115 Å². The monoisotopic (exact) mass is 252 g/mol. The highest BCUT2D eigenvalue weighted by Crippen LogP contribution is 2.25. The highest BCUT2D eigenvalue weighted by atomic mass is 16.5. The Balaban J connectivity index is 1.68. The van der Waals surface area contributed by atoms with Crippen molar-refractivity contribution in [2.45, 2.75) is 39.2 Å². The van der Waals surface area contributed by atoms with Gasteiger partial charge in [0.05, 0.1) is 0 Å². The van der Waals surface area contributed by atoms with Crippen LogP contribution in [0.5, 0.6) is 5.75 Å². The highest BCUT2D eigenvalue weighted by molar-refractivity contribution is 5.37. The minimum Gasteiger partial charge on any atom is -0.489 e. The van der Waals surface area contributed by atoms with E-state index in [1.54, 1.807) is 0 Å². The molecule has 0 saturated heterocycles. The molecule has 1 aliphatic rings. The molecule has 1 nitrogen and oxygen atoms in total. The van der Waals surface area contributed by atoms with E-state index in [0.29, 0.717) is 6.61 Å². The molecule has 0 heterocycles. The molecule has 0 radical (unpaired) electrons. The summed E-state index contributed by atoms with van der Waals surface area (Å²) >= 11 is 0. The Morgan fingerprint density at radius 2 is 1.63 bits per heavy atom. The lowest BCUT2D eigenvalue weighted by molar-refractivity contribution is 0.305. The Morgan fingerprint density at radius 1 is 0.895 bits per heavy atom. The van der Waals surface area contributed by atoms with Gasteiger partial charge in [-0.3, -0.25) is 0 Å². The second kappa shape index (κ2) is 5.48. The van der Waals surface area contributed by atoms with Gasteiger partial charge in [0, 0.05) is 0 Å². The molecule has 3 rings (SSSR count). The van der Waals surface area contributed by atoms with Crippen LogP contribution in [-0.2, 0) is 19.4 Å². The van der Waals surface area contributed by atoms with Crippen LogP contribution in [0.4, 0.5) is 0 Å². The van der Waals surface area contributed by atoms with Gasteiger partial charge in [-0.2, -0.15) is 0 Å².